The van der Waals surface area contributed by atoms with Crippen LogP contribution in [0.1, 0.15) is 24.2 Å². The molecular formula is C14H20N4OS. The molecule has 0 aliphatic carbocycles. The molecule has 1 heterocycles. The zero-order chi connectivity index (χ0) is 14.5. The molecule has 1 aromatic heterocycles. The van der Waals surface area contributed by atoms with E-state index in [0.29, 0.717) is 0 Å². The number of hydrogen-bond acceptors (Lipinski definition) is 5. The van der Waals surface area contributed by atoms with Gasteiger partial charge in [0.05, 0.1) is 19.3 Å². The van der Waals surface area contributed by atoms with Crippen molar-refractivity contribution >= 4 is 11.8 Å². The number of aryl methyl sites for hydroxylation is 1. The Morgan fingerprint density at radius 2 is 2.20 bits per heavy atom. The van der Waals surface area contributed by atoms with Crippen molar-refractivity contribution in [3.63, 3.8) is 0 Å². The minimum atomic E-state index is -0.156. The summed E-state index contributed by atoms with van der Waals surface area (Å²) in [6, 6.07) is 8.04. The fraction of sp³-hybridized carbons (Fsp3) is 0.357. The van der Waals surface area contributed by atoms with Crippen LogP contribution >= 0.6 is 11.8 Å². The molecule has 0 spiro atoms. The van der Waals surface area contributed by atoms with Crippen LogP contribution in [-0.4, -0.2) is 23.1 Å². The van der Waals surface area contributed by atoms with E-state index >= 15 is 0 Å². The molecular weight excluding hydrogens is 272 g/mol. The second-order valence-corrected chi connectivity index (χ2v) is 5.10. The molecule has 0 radical (unpaired) electrons. The van der Waals surface area contributed by atoms with Gasteiger partial charge in [0, 0.05) is 11.4 Å². The van der Waals surface area contributed by atoms with Crippen LogP contribution in [0.15, 0.2) is 35.4 Å². The van der Waals surface area contributed by atoms with Crippen molar-refractivity contribution in [2.45, 2.75) is 24.4 Å². The summed E-state index contributed by atoms with van der Waals surface area (Å²) in [4.78, 5) is 1.18. The van der Waals surface area contributed by atoms with Gasteiger partial charge in [0.1, 0.15) is 5.69 Å². The summed E-state index contributed by atoms with van der Waals surface area (Å²) < 4.78 is 7.32. The van der Waals surface area contributed by atoms with E-state index in [4.69, 9.17) is 10.6 Å². The molecule has 3 N–H and O–H groups in total. The van der Waals surface area contributed by atoms with E-state index < -0.39 is 0 Å². The van der Waals surface area contributed by atoms with Gasteiger partial charge in [-0.1, -0.05) is 18.2 Å². The Morgan fingerprint density at radius 3 is 2.80 bits per heavy atom. The third-order valence-corrected chi connectivity index (χ3v) is 4.07. The highest BCUT2D eigenvalue weighted by molar-refractivity contribution is 7.98. The van der Waals surface area contributed by atoms with E-state index in [0.717, 1.165) is 23.6 Å². The maximum Gasteiger partial charge on any atom is 0.161 e. The number of hydrogen-bond donors (Lipinski definition) is 2. The van der Waals surface area contributed by atoms with Crippen molar-refractivity contribution in [3.8, 4) is 5.75 Å². The van der Waals surface area contributed by atoms with Crippen molar-refractivity contribution in [1.29, 1.82) is 0 Å². The third-order valence-electron chi connectivity index (χ3n) is 3.25. The number of nitrogens with one attached hydrogen (secondary N) is 1. The van der Waals surface area contributed by atoms with Crippen LogP contribution in [0.5, 0.6) is 5.75 Å². The summed E-state index contributed by atoms with van der Waals surface area (Å²) in [7, 11) is 1.65. The Labute approximate surface area is 123 Å². The molecule has 1 atom stereocenters. The summed E-state index contributed by atoms with van der Waals surface area (Å²) in [6.45, 7) is 2.81. The van der Waals surface area contributed by atoms with Crippen LogP contribution in [0.2, 0.25) is 0 Å². The van der Waals surface area contributed by atoms with Gasteiger partial charge < -0.3 is 4.74 Å². The highest BCUT2D eigenvalue weighted by Gasteiger charge is 2.24. The number of nitrogens with two attached hydrogens (primary N) is 1. The van der Waals surface area contributed by atoms with Crippen molar-refractivity contribution in [2.24, 2.45) is 5.84 Å². The smallest absolute Gasteiger partial charge is 0.161 e. The van der Waals surface area contributed by atoms with Crippen molar-refractivity contribution in [1.82, 2.24) is 15.2 Å². The second kappa shape index (κ2) is 6.78. The monoisotopic (exact) mass is 292 g/mol. The molecule has 2 aromatic rings. The minimum absolute atomic E-state index is 0.156. The van der Waals surface area contributed by atoms with Gasteiger partial charge in [-0.3, -0.25) is 10.5 Å². The lowest BCUT2D eigenvalue weighted by Crippen LogP contribution is -2.31. The zero-order valence-electron chi connectivity index (χ0n) is 12.0. The standard InChI is InChI=1S/C14H20N4OS/c1-4-18-14(11(19-2)9-16-18)13(17-15)10-7-5-6-8-12(10)20-3/h5-9,13,17H,4,15H2,1-3H3. The Hall–Kier alpha value is -1.50. The number of rotatable bonds is 6. The topological polar surface area (TPSA) is 65.1 Å². The van der Waals surface area contributed by atoms with E-state index in [1.807, 2.05) is 23.7 Å². The van der Waals surface area contributed by atoms with E-state index in [9.17, 15) is 0 Å². The average molecular weight is 292 g/mol. The van der Waals surface area contributed by atoms with Crippen LogP contribution in [0, 0.1) is 0 Å². The molecule has 6 heteroatoms. The van der Waals surface area contributed by atoms with Crippen LogP contribution in [0.4, 0.5) is 0 Å². The van der Waals surface area contributed by atoms with Gasteiger partial charge in [0.2, 0.25) is 0 Å². The normalized spacial score (nSPS) is 12.4. The maximum absolute atomic E-state index is 5.81. The molecule has 2 rings (SSSR count). The Bertz CT molecular complexity index is 549. The fourth-order valence-electron chi connectivity index (χ4n) is 2.30. The largest absolute Gasteiger partial charge is 0.493 e. The minimum Gasteiger partial charge on any atom is -0.493 e. The van der Waals surface area contributed by atoms with E-state index in [1.54, 1.807) is 25.1 Å². The average Bonchev–Trinajstić information content (AvgIpc) is 2.91. The highest BCUT2D eigenvalue weighted by atomic mass is 32.2. The van der Waals surface area contributed by atoms with Gasteiger partial charge in [-0.25, -0.2) is 5.43 Å². The third kappa shape index (κ3) is 2.67. The summed E-state index contributed by atoms with van der Waals surface area (Å²) in [5, 5.41) is 4.34. The molecule has 0 bridgehead atoms. The Balaban J connectivity index is 2.55. The molecule has 20 heavy (non-hydrogen) atoms. The lowest BCUT2D eigenvalue weighted by Gasteiger charge is -2.21. The van der Waals surface area contributed by atoms with Crippen molar-refractivity contribution < 1.29 is 4.74 Å². The molecule has 0 fully saturated rings. The van der Waals surface area contributed by atoms with Crippen LogP contribution < -0.4 is 16.0 Å². The predicted octanol–water partition coefficient (Wildman–Crippen LogP) is 2.19. The molecule has 0 aliphatic heterocycles. The number of benzene rings is 1. The Morgan fingerprint density at radius 1 is 1.45 bits per heavy atom. The molecule has 1 aromatic carbocycles. The van der Waals surface area contributed by atoms with Gasteiger partial charge in [-0.2, -0.15) is 5.10 Å². The zero-order valence-corrected chi connectivity index (χ0v) is 12.8. The van der Waals surface area contributed by atoms with Crippen LogP contribution in [0.25, 0.3) is 0 Å². The summed E-state index contributed by atoms with van der Waals surface area (Å²) in [5.41, 5.74) is 4.96. The maximum atomic E-state index is 5.81. The molecule has 0 aliphatic rings. The van der Waals surface area contributed by atoms with Gasteiger partial charge >= 0.3 is 0 Å². The molecule has 1 unspecified atom stereocenters. The second-order valence-electron chi connectivity index (χ2n) is 4.26. The summed E-state index contributed by atoms with van der Waals surface area (Å²) >= 11 is 1.70. The SMILES string of the molecule is CCn1ncc(OC)c1C(NN)c1ccccc1SC. The summed E-state index contributed by atoms with van der Waals surface area (Å²) in [6.07, 6.45) is 3.78. The highest BCUT2D eigenvalue weighted by Crippen LogP contribution is 2.34. The molecule has 0 amide bonds. The molecule has 0 saturated carbocycles. The first-order valence-corrected chi connectivity index (χ1v) is 7.68. The first-order valence-electron chi connectivity index (χ1n) is 6.45. The van der Waals surface area contributed by atoms with Gasteiger partial charge in [0.15, 0.2) is 5.75 Å². The lowest BCUT2D eigenvalue weighted by atomic mass is 10.0. The number of thioether (sulfide) groups is 1. The molecule has 108 valence electrons. The van der Waals surface area contributed by atoms with Crippen molar-refractivity contribution in [3.05, 3.63) is 41.7 Å². The first-order chi connectivity index (χ1) is 9.76. The number of aromatic nitrogens is 2. The number of hydrazine groups is 1. The summed E-state index contributed by atoms with van der Waals surface area (Å²) in [5.74, 6) is 6.55. The van der Waals surface area contributed by atoms with Gasteiger partial charge in [-0.05, 0) is 24.8 Å². The molecule has 0 saturated heterocycles. The van der Waals surface area contributed by atoms with E-state index in [-0.39, 0.29) is 6.04 Å². The van der Waals surface area contributed by atoms with E-state index in [1.165, 1.54) is 4.90 Å². The number of ether oxygens (including phenoxy) is 1. The quantitative estimate of drug-likeness (QED) is 0.485. The van der Waals surface area contributed by atoms with Gasteiger partial charge in [-0.15, -0.1) is 11.8 Å². The molecule has 5 nitrogen and oxygen atoms in total. The van der Waals surface area contributed by atoms with Gasteiger partial charge in [0.25, 0.3) is 0 Å². The first kappa shape index (κ1) is 14.9. The van der Waals surface area contributed by atoms with Crippen LogP contribution in [-0.2, 0) is 6.54 Å². The Kier molecular flexibility index (Phi) is 5.05. The number of methoxy groups -OCH3 is 1. The van der Waals surface area contributed by atoms with E-state index in [2.05, 4.69) is 28.9 Å². The fourth-order valence-corrected chi connectivity index (χ4v) is 2.94. The lowest BCUT2D eigenvalue weighted by molar-refractivity contribution is 0.399. The predicted molar refractivity (Wildman–Crippen MR) is 81.8 cm³/mol. The number of nitrogens with zero attached hydrogens (tertiary/aromatic N) is 2. The van der Waals surface area contributed by atoms with Crippen molar-refractivity contribution in [2.75, 3.05) is 13.4 Å². The van der Waals surface area contributed by atoms with Crippen LogP contribution in [0.3, 0.4) is 0 Å².